The molecule has 0 saturated heterocycles. The first-order chi connectivity index (χ1) is 7.24. The van der Waals surface area contributed by atoms with E-state index in [0.717, 1.165) is 12.8 Å². The highest BCUT2D eigenvalue weighted by Gasteiger charge is 2.02. The van der Waals surface area contributed by atoms with Crippen molar-refractivity contribution in [1.29, 1.82) is 0 Å². The van der Waals surface area contributed by atoms with Gasteiger partial charge in [-0.1, -0.05) is 13.3 Å². The smallest absolute Gasteiger partial charge is 0.271 e. The second-order valence-corrected chi connectivity index (χ2v) is 3.09. The molecule has 4 heteroatoms. The van der Waals surface area contributed by atoms with E-state index in [-0.39, 0.29) is 11.7 Å². The van der Waals surface area contributed by atoms with Crippen LogP contribution in [0.2, 0.25) is 0 Å². The van der Waals surface area contributed by atoms with E-state index >= 15 is 0 Å². The standard InChI is InChI=1S/C11H14N2O2/c1-2-3-8-12-13-11(15)9-4-6-10(14)7-5-9/h4-8,14H,2-3H2,1H3,(H,13,15)/b12-8-. The SMILES string of the molecule is CCC/C=N\NC(=O)c1ccc(O)cc1. The minimum atomic E-state index is -0.276. The Labute approximate surface area is 88.6 Å². The third kappa shape index (κ3) is 3.81. The first-order valence-electron chi connectivity index (χ1n) is 4.85. The van der Waals surface area contributed by atoms with Gasteiger partial charge in [-0.3, -0.25) is 4.79 Å². The van der Waals surface area contributed by atoms with Crippen LogP contribution in [0, 0.1) is 0 Å². The zero-order chi connectivity index (χ0) is 11.1. The Hall–Kier alpha value is -1.84. The molecule has 0 spiro atoms. The summed E-state index contributed by atoms with van der Waals surface area (Å²) in [4.78, 5) is 11.4. The van der Waals surface area contributed by atoms with E-state index in [2.05, 4.69) is 10.5 Å². The number of nitrogens with zero attached hydrogens (tertiary/aromatic N) is 1. The predicted octanol–water partition coefficient (Wildman–Crippen LogP) is 1.91. The number of phenolic OH excluding ortho intramolecular Hbond substituents is 1. The van der Waals surface area contributed by atoms with Crippen molar-refractivity contribution in [3.05, 3.63) is 29.8 Å². The van der Waals surface area contributed by atoms with E-state index in [1.807, 2.05) is 6.92 Å². The molecule has 0 radical (unpaired) electrons. The molecule has 0 aliphatic rings. The summed E-state index contributed by atoms with van der Waals surface area (Å²) >= 11 is 0. The van der Waals surface area contributed by atoms with Crippen molar-refractivity contribution >= 4 is 12.1 Å². The number of hydrazone groups is 1. The van der Waals surface area contributed by atoms with Crippen LogP contribution < -0.4 is 5.43 Å². The van der Waals surface area contributed by atoms with E-state index < -0.39 is 0 Å². The summed E-state index contributed by atoms with van der Waals surface area (Å²) in [6.07, 6.45) is 3.51. The van der Waals surface area contributed by atoms with Gasteiger partial charge in [-0.15, -0.1) is 0 Å². The van der Waals surface area contributed by atoms with Gasteiger partial charge in [-0.25, -0.2) is 5.43 Å². The largest absolute Gasteiger partial charge is 0.508 e. The molecule has 0 saturated carbocycles. The van der Waals surface area contributed by atoms with Gasteiger partial charge >= 0.3 is 0 Å². The Kier molecular flexibility index (Phi) is 4.34. The van der Waals surface area contributed by atoms with E-state index in [1.54, 1.807) is 18.3 Å². The maximum absolute atomic E-state index is 11.4. The first kappa shape index (κ1) is 11.2. The summed E-state index contributed by atoms with van der Waals surface area (Å²) in [6, 6.07) is 6.01. The van der Waals surface area contributed by atoms with Gasteiger partial charge in [0, 0.05) is 11.8 Å². The Morgan fingerprint density at radius 3 is 2.73 bits per heavy atom. The van der Waals surface area contributed by atoms with Gasteiger partial charge in [0.2, 0.25) is 0 Å². The van der Waals surface area contributed by atoms with Crippen LogP contribution in [0.15, 0.2) is 29.4 Å². The lowest BCUT2D eigenvalue weighted by molar-refractivity contribution is 0.0955. The molecule has 1 aromatic carbocycles. The molecule has 0 aromatic heterocycles. The fraction of sp³-hybridized carbons (Fsp3) is 0.273. The quantitative estimate of drug-likeness (QED) is 0.584. The van der Waals surface area contributed by atoms with Gasteiger partial charge in [-0.2, -0.15) is 5.10 Å². The number of benzene rings is 1. The average molecular weight is 206 g/mol. The van der Waals surface area contributed by atoms with Gasteiger partial charge in [0.25, 0.3) is 5.91 Å². The van der Waals surface area contributed by atoms with Crippen molar-refractivity contribution in [2.24, 2.45) is 5.10 Å². The van der Waals surface area contributed by atoms with E-state index in [4.69, 9.17) is 5.11 Å². The van der Waals surface area contributed by atoms with E-state index in [1.165, 1.54) is 12.1 Å². The first-order valence-corrected chi connectivity index (χ1v) is 4.85. The second kappa shape index (κ2) is 5.80. The third-order valence-corrected chi connectivity index (χ3v) is 1.80. The summed E-state index contributed by atoms with van der Waals surface area (Å²) in [5.74, 6) is -0.136. The zero-order valence-corrected chi connectivity index (χ0v) is 8.60. The lowest BCUT2D eigenvalue weighted by Crippen LogP contribution is -2.17. The number of hydrogen-bond donors (Lipinski definition) is 2. The number of unbranched alkanes of at least 4 members (excludes halogenated alkanes) is 1. The Bertz CT molecular complexity index is 344. The Morgan fingerprint density at radius 2 is 2.13 bits per heavy atom. The van der Waals surface area contributed by atoms with Crippen molar-refractivity contribution in [3.8, 4) is 5.75 Å². The van der Waals surface area contributed by atoms with Gasteiger partial charge in [0.05, 0.1) is 0 Å². The van der Waals surface area contributed by atoms with Gasteiger partial charge in [0.1, 0.15) is 5.75 Å². The highest BCUT2D eigenvalue weighted by molar-refractivity contribution is 5.94. The summed E-state index contributed by atoms with van der Waals surface area (Å²) < 4.78 is 0. The monoisotopic (exact) mass is 206 g/mol. The molecule has 15 heavy (non-hydrogen) atoms. The topological polar surface area (TPSA) is 61.7 Å². The number of nitrogens with one attached hydrogen (secondary N) is 1. The molecule has 0 heterocycles. The zero-order valence-electron chi connectivity index (χ0n) is 8.60. The van der Waals surface area contributed by atoms with Crippen LogP contribution in [0.1, 0.15) is 30.1 Å². The van der Waals surface area contributed by atoms with Crippen molar-refractivity contribution in [2.75, 3.05) is 0 Å². The highest BCUT2D eigenvalue weighted by atomic mass is 16.3. The molecule has 0 fully saturated rings. The van der Waals surface area contributed by atoms with Crippen LogP contribution in [0.3, 0.4) is 0 Å². The lowest BCUT2D eigenvalue weighted by Gasteiger charge is -1.99. The molecule has 0 aliphatic carbocycles. The van der Waals surface area contributed by atoms with Crippen molar-refractivity contribution in [3.63, 3.8) is 0 Å². The minimum absolute atomic E-state index is 0.140. The number of rotatable bonds is 4. The van der Waals surface area contributed by atoms with Crippen molar-refractivity contribution < 1.29 is 9.90 Å². The number of phenols is 1. The fourth-order valence-corrected chi connectivity index (χ4v) is 0.975. The third-order valence-electron chi connectivity index (χ3n) is 1.80. The molecule has 0 aliphatic heterocycles. The number of carbonyl (C=O) groups is 1. The normalized spacial score (nSPS) is 10.5. The molecule has 4 nitrogen and oxygen atoms in total. The average Bonchev–Trinajstić information content (AvgIpc) is 2.25. The molecule has 0 bridgehead atoms. The second-order valence-electron chi connectivity index (χ2n) is 3.09. The minimum Gasteiger partial charge on any atom is -0.508 e. The van der Waals surface area contributed by atoms with Gasteiger partial charge in [-0.05, 0) is 30.7 Å². The number of aromatic hydroxyl groups is 1. The van der Waals surface area contributed by atoms with Crippen molar-refractivity contribution in [2.45, 2.75) is 19.8 Å². The van der Waals surface area contributed by atoms with Crippen LogP contribution in [0.5, 0.6) is 5.75 Å². The summed E-state index contributed by atoms with van der Waals surface area (Å²) in [7, 11) is 0. The van der Waals surface area contributed by atoms with Crippen molar-refractivity contribution in [1.82, 2.24) is 5.43 Å². The number of hydrogen-bond acceptors (Lipinski definition) is 3. The van der Waals surface area contributed by atoms with Crippen LogP contribution in [-0.2, 0) is 0 Å². The van der Waals surface area contributed by atoms with Crippen LogP contribution >= 0.6 is 0 Å². The molecule has 2 N–H and O–H groups in total. The molecular formula is C11H14N2O2. The maximum atomic E-state index is 11.4. The maximum Gasteiger partial charge on any atom is 0.271 e. The molecular weight excluding hydrogens is 192 g/mol. The van der Waals surface area contributed by atoms with Crippen LogP contribution in [0.25, 0.3) is 0 Å². The molecule has 1 aromatic rings. The fourth-order valence-electron chi connectivity index (χ4n) is 0.975. The molecule has 0 atom stereocenters. The molecule has 1 rings (SSSR count). The molecule has 1 amide bonds. The number of carbonyl (C=O) groups excluding carboxylic acids is 1. The summed E-state index contributed by atoms with van der Waals surface area (Å²) in [6.45, 7) is 2.04. The highest BCUT2D eigenvalue weighted by Crippen LogP contribution is 2.09. The van der Waals surface area contributed by atoms with Crippen LogP contribution in [-0.4, -0.2) is 17.2 Å². The summed E-state index contributed by atoms with van der Waals surface area (Å²) in [5.41, 5.74) is 2.88. The van der Waals surface area contributed by atoms with Crippen LogP contribution in [0.4, 0.5) is 0 Å². The molecule has 0 unspecified atom stereocenters. The van der Waals surface area contributed by atoms with Gasteiger partial charge in [0.15, 0.2) is 0 Å². The van der Waals surface area contributed by atoms with E-state index in [9.17, 15) is 4.79 Å². The predicted molar refractivity (Wildman–Crippen MR) is 59.0 cm³/mol. The summed E-state index contributed by atoms with van der Waals surface area (Å²) in [5, 5.41) is 12.8. The van der Waals surface area contributed by atoms with E-state index in [0.29, 0.717) is 5.56 Å². The lowest BCUT2D eigenvalue weighted by atomic mass is 10.2. The number of amides is 1. The Morgan fingerprint density at radius 1 is 1.47 bits per heavy atom. The Balaban J connectivity index is 2.50. The molecule has 80 valence electrons. The van der Waals surface area contributed by atoms with Gasteiger partial charge < -0.3 is 5.11 Å².